The lowest BCUT2D eigenvalue weighted by Gasteiger charge is -2.12. The zero-order chi connectivity index (χ0) is 17.2. The van der Waals surface area contributed by atoms with Crippen LogP contribution in [-0.2, 0) is 4.84 Å². The lowest BCUT2D eigenvalue weighted by atomic mass is 10.0. The van der Waals surface area contributed by atoms with Gasteiger partial charge in [0.05, 0.1) is 19.4 Å². The molecular weight excluding hydrogens is 320 g/mol. The maximum absolute atomic E-state index is 5.56. The summed E-state index contributed by atoms with van der Waals surface area (Å²) < 4.78 is 6.85. The summed E-state index contributed by atoms with van der Waals surface area (Å²) in [5.41, 5.74) is 2.86. The molecule has 1 N–H and O–H groups in total. The standard InChI is InChI=1S/C17H18N6O2/c1-11-7-16(23-17(21-11)19-10-20-23)18-9-14-8-15(22-25-14)12-3-5-13(24-2)6-4-12/h3-7,10,14,18H,8-9H2,1-2H3. The van der Waals surface area contributed by atoms with Gasteiger partial charge in [-0.25, -0.2) is 4.98 Å². The van der Waals surface area contributed by atoms with Gasteiger partial charge in [0, 0.05) is 18.2 Å². The lowest BCUT2D eigenvalue weighted by molar-refractivity contribution is 0.0948. The second-order valence-corrected chi connectivity index (χ2v) is 5.83. The second-order valence-electron chi connectivity index (χ2n) is 5.83. The van der Waals surface area contributed by atoms with Crippen LogP contribution in [-0.4, -0.2) is 45.1 Å². The van der Waals surface area contributed by atoms with Gasteiger partial charge in [-0.1, -0.05) is 5.16 Å². The average molecular weight is 338 g/mol. The van der Waals surface area contributed by atoms with E-state index >= 15 is 0 Å². The van der Waals surface area contributed by atoms with Crippen LogP contribution in [0.25, 0.3) is 5.78 Å². The summed E-state index contributed by atoms with van der Waals surface area (Å²) in [6, 6.07) is 9.75. The Kier molecular flexibility index (Phi) is 3.93. The first-order valence-electron chi connectivity index (χ1n) is 8.01. The Labute approximate surface area is 144 Å². The summed E-state index contributed by atoms with van der Waals surface area (Å²) in [6.07, 6.45) is 2.19. The number of aromatic nitrogens is 4. The van der Waals surface area contributed by atoms with E-state index in [1.165, 1.54) is 6.33 Å². The molecule has 128 valence electrons. The Hall–Kier alpha value is -3.16. The molecule has 1 atom stereocenters. The number of nitrogens with one attached hydrogen (secondary N) is 1. The van der Waals surface area contributed by atoms with Gasteiger partial charge in [0.25, 0.3) is 5.78 Å². The van der Waals surface area contributed by atoms with Gasteiger partial charge in [-0.2, -0.15) is 14.6 Å². The smallest absolute Gasteiger partial charge is 0.254 e. The van der Waals surface area contributed by atoms with Crippen molar-refractivity contribution in [2.45, 2.75) is 19.4 Å². The molecular formula is C17H18N6O2. The van der Waals surface area contributed by atoms with Crippen LogP contribution in [0.1, 0.15) is 17.7 Å². The molecule has 25 heavy (non-hydrogen) atoms. The molecule has 0 radical (unpaired) electrons. The monoisotopic (exact) mass is 338 g/mol. The van der Waals surface area contributed by atoms with Crippen LogP contribution in [0.2, 0.25) is 0 Å². The van der Waals surface area contributed by atoms with Crippen molar-refractivity contribution in [3.05, 3.63) is 47.9 Å². The molecule has 0 spiro atoms. The number of methoxy groups -OCH3 is 1. The maximum atomic E-state index is 5.56. The van der Waals surface area contributed by atoms with Gasteiger partial charge in [-0.05, 0) is 36.8 Å². The topological polar surface area (TPSA) is 85.9 Å². The Morgan fingerprint density at radius 1 is 1.32 bits per heavy atom. The molecule has 0 amide bonds. The summed E-state index contributed by atoms with van der Waals surface area (Å²) in [7, 11) is 1.65. The summed E-state index contributed by atoms with van der Waals surface area (Å²) in [6.45, 7) is 2.54. The third-order valence-corrected chi connectivity index (χ3v) is 4.05. The summed E-state index contributed by atoms with van der Waals surface area (Å²) >= 11 is 0. The highest BCUT2D eigenvalue weighted by molar-refractivity contribution is 6.01. The number of rotatable bonds is 5. The van der Waals surface area contributed by atoms with Crippen LogP contribution in [0.3, 0.4) is 0 Å². The summed E-state index contributed by atoms with van der Waals surface area (Å²) in [5.74, 6) is 2.23. The van der Waals surface area contributed by atoms with Gasteiger partial charge >= 0.3 is 0 Å². The normalized spacial score (nSPS) is 16.6. The molecule has 1 unspecified atom stereocenters. The van der Waals surface area contributed by atoms with Crippen LogP contribution in [0.5, 0.6) is 5.75 Å². The molecule has 1 aliphatic rings. The van der Waals surface area contributed by atoms with E-state index in [0.717, 1.165) is 35.0 Å². The Morgan fingerprint density at radius 3 is 2.96 bits per heavy atom. The van der Waals surface area contributed by atoms with E-state index in [-0.39, 0.29) is 6.10 Å². The zero-order valence-electron chi connectivity index (χ0n) is 14.0. The first-order chi connectivity index (χ1) is 12.2. The molecule has 2 aromatic heterocycles. The van der Waals surface area contributed by atoms with Gasteiger partial charge in [0.1, 0.15) is 24.0 Å². The zero-order valence-corrected chi connectivity index (χ0v) is 14.0. The largest absolute Gasteiger partial charge is 0.497 e. The SMILES string of the molecule is COc1ccc(C2=NOC(CNc3cc(C)nc4ncnn34)C2)cc1. The molecule has 0 bridgehead atoms. The number of nitrogens with zero attached hydrogens (tertiary/aromatic N) is 5. The number of benzene rings is 1. The number of hydrogen-bond donors (Lipinski definition) is 1. The van der Waals surface area contributed by atoms with Crippen LogP contribution in [0, 0.1) is 6.92 Å². The van der Waals surface area contributed by atoms with E-state index in [2.05, 4.69) is 25.5 Å². The van der Waals surface area contributed by atoms with Crippen molar-refractivity contribution in [1.29, 1.82) is 0 Å². The fourth-order valence-corrected chi connectivity index (χ4v) is 2.77. The van der Waals surface area contributed by atoms with Crippen LogP contribution in [0.4, 0.5) is 5.82 Å². The minimum atomic E-state index is -0.0378. The molecule has 0 saturated heterocycles. The summed E-state index contributed by atoms with van der Waals surface area (Å²) in [5, 5.41) is 11.7. The Bertz CT molecular complexity index is 919. The highest BCUT2D eigenvalue weighted by atomic mass is 16.6. The van der Waals surface area contributed by atoms with E-state index in [1.807, 2.05) is 37.3 Å². The highest BCUT2D eigenvalue weighted by Gasteiger charge is 2.22. The van der Waals surface area contributed by atoms with Crippen molar-refractivity contribution < 1.29 is 9.57 Å². The van der Waals surface area contributed by atoms with Crippen molar-refractivity contribution in [3.63, 3.8) is 0 Å². The maximum Gasteiger partial charge on any atom is 0.254 e. The first kappa shape index (κ1) is 15.4. The molecule has 1 aromatic carbocycles. The first-order valence-corrected chi connectivity index (χ1v) is 8.01. The highest BCUT2D eigenvalue weighted by Crippen LogP contribution is 2.20. The van der Waals surface area contributed by atoms with E-state index < -0.39 is 0 Å². The molecule has 0 fully saturated rings. The van der Waals surface area contributed by atoms with Crippen LogP contribution < -0.4 is 10.1 Å². The quantitative estimate of drug-likeness (QED) is 0.766. The molecule has 3 heterocycles. The molecule has 3 aromatic rings. The second kappa shape index (κ2) is 6.39. The van der Waals surface area contributed by atoms with Crippen molar-refractivity contribution in [1.82, 2.24) is 19.6 Å². The van der Waals surface area contributed by atoms with Crippen molar-refractivity contribution >= 4 is 17.3 Å². The molecule has 8 heteroatoms. The predicted octanol–water partition coefficient (Wildman–Crippen LogP) is 2.05. The molecule has 1 aliphatic heterocycles. The van der Waals surface area contributed by atoms with E-state index in [1.54, 1.807) is 11.6 Å². The predicted molar refractivity (Wildman–Crippen MR) is 93.0 cm³/mol. The summed E-state index contributed by atoms with van der Waals surface area (Å²) in [4.78, 5) is 14.0. The third-order valence-electron chi connectivity index (χ3n) is 4.05. The lowest BCUT2D eigenvalue weighted by Crippen LogP contribution is -2.21. The van der Waals surface area contributed by atoms with Crippen molar-refractivity contribution in [2.75, 3.05) is 19.0 Å². The van der Waals surface area contributed by atoms with Gasteiger partial charge in [0.2, 0.25) is 0 Å². The van der Waals surface area contributed by atoms with Gasteiger partial charge in [0.15, 0.2) is 0 Å². The third kappa shape index (κ3) is 3.10. The van der Waals surface area contributed by atoms with E-state index in [0.29, 0.717) is 12.3 Å². The number of ether oxygens (including phenoxy) is 1. The van der Waals surface area contributed by atoms with Gasteiger partial charge < -0.3 is 14.9 Å². The number of anilines is 1. The van der Waals surface area contributed by atoms with Crippen molar-refractivity contribution in [3.8, 4) is 5.75 Å². The number of aryl methyl sites for hydroxylation is 1. The number of fused-ring (bicyclic) bond motifs is 1. The minimum absolute atomic E-state index is 0.0378. The molecule has 4 rings (SSSR count). The van der Waals surface area contributed by atoms with E-state index in [4.69, 9.17) is 9.57 Å². The molecule has 0 saturated carbocycles. The van der Waals surface area contributed by atoms with Crippen LogP contribution >= 0.6 is 0 Å². The van der Waals surface area contributed by atoms with Gasteiger partial charge in [-0.15, -0.1) is 0 Å². The molecule has 8 nitrogen and oxygen atoms in total. The average Bonchev–Trinajstić information content (AvgIpc) is 3.29. The minimum Gasteiger partial charge on any atom is -0.497 e. The fourth-order valence-electron chi connectivity index (χ4n) is 2.77. The van der Waals surface area contributed by atoms with E-state index in [9.17, 15) is 0 Å². The fraction of sp³-hybridized carbons (Fsp3) is 0.294. The van der Waals surface area contributed by atoms with Crippen LogP contribution in [0.15, 0.2) is 41.8 Å². The molecule has 0 aliphatic carbocycles. The van der Waals surface area contributed by atoms with Gasteiger partial charge in [-0.3, -0.25) is 0 Å². The number of hydrogen-bond acceptors (Lipinski definition) is 7. The van der Waals surface area contributed by atoms with Crippen molar-refractivity contribution in [2.24, 2.45) is 5.16 Å². The number of oxime groups is 1. The Morgan fingerprint density at radius 2 is 2.16 bits per heavy atom. The Balaban J connectivity index is 1.40.